The quantitative estimate of drug-likeness (QED) is 0.601. The molecule has 0 spiro atoms. The highest BCUT2D eigenvalue weighted by Gasteiger charge is 2.27. The van der Waals surface area contributed by atoms with Gasteiger partial charge in [-0.3, -0.25) is 15.0 Å². The highest BCUT2D eigenvalue weighted by Crippen LogP contribution is 2.32. The summed E-state index contributed by atoms with van der Waals surface area (Å²) >= 11 is 0. The lowest BCUT2D eigenvalue weighted by Gasteiger charge is -2.23. The highest BCUT2D eigenvalue weighted by molar-refractivity contribution is 7.90. The fourth-order valence-electron chi connectivity index (χ4n) is 2.38. The maximum atomic E-state index is 11.8. The van der Waals surface area contributed by atoms with Crippen LogP contribution in [0.2, 0.25) is 0 Å². The van der Waals surface area contributed by atoms with E-state index in [9.17, 15) is 18.5 Å². The van der Waals surface area contributed by atoms with Crippen molar-refractivity contribution >= 4 is 21.2 Å². The first kappa shape index (κ1) is 18.0. The Morgan fingerprint density at radius 1 is 1.29 bits per heavy atom. The molecule has 1 N–H and O–H groups in total. The SMILES string of the molecule is CN(C)C(CNc1cccc(S(C)(=O)=O)c1[N+](=O)[O-])c1ccco1. The van der Waals surface area contributed by atoms with Gasteiger partial charge in [0, 0.05) is 12.8 Å². The molecule has 0 bridgehead atoms. The zero-order chi connectivity index (χ0) is 17.9. The van der Waals surface area contributed by atoms with E-state index in [1.807, 2.05) is 25.1 Å². The van der Waals surface area contributed by atoms with Crippen molar-refractivity contribution in [1.29, 1.82) is 0 Å². The van der Waals surface area contributed by atoms with Crippen molar-refractivity contribution in [3.63, 3.8) is 0 Å². The van der Waals surface area contributed by atoms with Crippen LogP contribution in [0.25, 0.3) is 0 Å². The molecule has 0 aliphatic heterocycles. The molecule has 0 saturated carbocycles. The number of hydrogen-bond donors (Lipinski definition) is 1. The lowest BCUT2D eigenvalue weighted by Crippen LogP contribution is -2.26. The molecule has 0 amide bonds. The van der Waals surface area contributed by atoms with E-state index in [4.69, 9.17) is 4.42 Å². The lowest BCUT2D eigenvalue weighted by molar-refractivity contribution is -0.386. The van der Waals surface area contributed by atoms with Gasteiger partial charge in [0.2, 0.25) is 0 Å². The fraction of sp³-hybridized carbons (Fsp3) is 0.333. The highest BCUT2D eigenvalue weighted by atomic mass is 32.2. The fourth-order valence-corrected chi connectivity index (χ4v) is 3.24. The minimum absolute atomic E-state index is 0.154. The average Bonchev–Trinajstić information content (AvgIpc) is 2.99. The van der Waals surface area contributed by atoms with Crippen LogP contribution in [0.4, 0.5) is 11.4 Å². The molecule has 1 heterocycles. The number of nitrogens with one attached hydrogen (secondary N) is 1. The van der Waals surface area contributed by atoms with E-state index in [2.05, 4.69) is 5.32 Å². The van der Waals surface area contributed by atoms with Crippen LogP contribution in [-0.4, -0.2) is 45.1 Å². The molecule has 1 aromatic carbocycles. The van der Waals surface area contributed by atoms with Gasteiger partial charge in [0.15, 0.2) is 9.84 Å². The third-order valence-corrected chi connectivity index (χ3v) is 4.69. The van der Waals surface area contributed by atoms with Gasteiger partial charge in [0.1, 0.15) is 16.3 Å². The van der Waals surface area contributed by atoms with Crippen molar-refractivity contribution in [1.82, 2.24) is 4.90 Å². The minimum atomic E-state index is -3.71. The Morgan fingerprint density at radius 3 is 2.50 bits per heavy atom. The van der Waals surface area contributed by atoms with Crippen LogP contribution in [0.3, 0.4) is 0 Å². The zero-order valence-electron chi connectivity index (χ0n) is 13.6. The van der Waals surface area contributed by atoms with Crippen molar-refractivity contribution in [2.75, 3.05) is 32.2 Å². The van der Waals surface area contributed by atoms with Gasteiger partial charge in [-0.2, -0.15) is 0 Å². The van der Waals surface area contributed by atoms with Crippen LogP contribution < -0.4 is 5.32 Å². The van der Waals surface area contributed by atoms with Crippen molar-refractivity contribution in [2.24, 2.45) is 0 Å². The summed E-state index contributed by atoms with van der Waals surface area (Å²) in [5.74, 6) is 0.703. The van der Waals surface area contributed by atoms with Crippen LogP contribution in [0.1, 0.15) is 11.8 Å². The largest absolute Gasteiger partial charge is 0.468 e. The first-order valence-corrected chi connectivity index (χ1v) is 9.02. The van der Waals surface area contributed by atoms with E-state index in [1.165, 1.54) is 18.2 Å². The summed E-state index contributed by atoms with van der Waals surface area (Å²) in [6, 6.07) is 7.60. The molecule has 0 aliphatic carbocycles. The number of hydrogen-bond acceptors (Lipinski definition) is 7. The van der Waals surface area contributed by atoms with Crippen molar-refractivity contribution in [3.8, 4) is 0 Å². The van der Waals surface area contributed by atoms with Crippen LogP contribution in [0.15, 0.2) is 45.9 Å². The number of furan rings is 1. The number of nitrogens with zero attached hydrogens (tertiary/aromatic N) is 2. The topological polar surface area (TPSA) is 106 Å². The van der Waals surface area contributed by atoms with E-state index in [-0.39, 0.29) is 16.6 Å². The standard InChI is InChI=1S/C15H19N3O5S/c1-17(2)12(13-7-5-9-23-13)10-16-11-6-4-8-14(24(3,21)22)15(11)18(19)20/h4-9,12,16H,10H2,1-3H3. The van der Waals surface area contributed by atoms with E-state index < -0.39 is 20.4 Å². The number of rotatable bonds is 7. The number of nitro groups is 1. The smallest absolute Gasteiger partial charge is 0.310 e. The second-order valence-electron chi connectivity index (χ2n) is 5.56. The van der Waals surface area contributed by atoms with Gasteiger partial charge >= 0.3 is 5.69 Å². The van der Waals surface area contributed by atoms with Crippen LogP contribution in [0.5, 0.6) is 0 Å². The summed E-state index contributed by atoms with van der Waals surface area (Å²) in [6.45, 7) is 0.314. The first-order chi connectivity index (χ1) is 11.2. The van der Waals surface area contributed by atoms with E-state index in [0.717, 1.165) is 6.26 Å². The average molecular weight is 353 g/mol. The second-order valence-corrected chi connectivity index (χ2v) is 7.54. The van der Waals surface area contributed by atoms with Gasteiger partial charge < -0.3 is 9.73 Å². The van der Waals surface area contributed by atoms with Gasteiger partial charge in [0.05, 0.1) is 17.2 Å². The summed E-state index contributed by atoms with van der Waals surface area (Å²) in [7, 11) is 0.00499. The molecule has 2 rings (SSSR count). The maximum Gasteiger partial charge on any atom is 0.310 e. The van der Waals surface area contributed by atoms with Crippen molar-refractivity contribution in [3.05, 3.63) is 52.5 Å². The van der Waals surface area contributed by atoms with E-state index in [1.54, 1.807) is 12.3 Å². The minimum Gasteiger partial charge on any atom is -0.468 e. The summed E-state index contributed by atoms with van der Waals surface area (Å²) in [5, 5.41) is 14.3. The predicted octanol–water partition coefficient (Wildman–Crippen LogP) is 2.31. The summed E-state index contributed by atoms with van der Waals surface area (Å²) in [4.78, 5) is 12.3. The Labute approximate surface area is 140 Å². The number of nitro benzene ring substituents is 1. The molecule has 1 unspecified atom stereocenters. The number of anilines is 1. The molecule has 130 valence electrons. The molecule has 1 atom stereocenters. The van der Waals surface area contributed by atoms with Crippen molar-refractivity contribution < 1.29 is 17.8 Å². The Bertz CT molecular complexity index is 816. The Balaban J connectivity index is 2.34. The Kier molecular flexibility index (Phi) is 5.25. The van der Waals surface area contributed by atoms with E-state index in [0.29, 0.717) is 12.3 Å². The molecule has 9 heteroatoms. The second kappa shape index (κ2) is 7.02. The summed E-state index contributed by atoms with van der Waals surface area (Å²) in [6.07, 6.45) is 2.50. The first-order valence-electron chi connectivity index (χ1n) is 7.13. The zero-order valence-corrected chi connectivity index (χ0v) is 14.4. The van der Waals surface area contributed by atoms with Gasteiger partial charge in [-0.15, -0.1) is 0 Å². The Hall–Kier alpha value is -2.39. The van der Waals surface area contributed by atoms with Gasteiger partial charge in [0.25, 0.3) is 0 Å². The maximum absolute atomic E-state index is 11.8. The number of para-hydroxylation sites is 1. The monoisotopic (exact) mass is 353 g/mol. The van der Waals surface area contributed by atoms with Crippen LogP contribution in [0, 0.1) is 10.1 Å². The van der Waals surface area contributed by atoms with Crippen LogP contribution >= 0.6 is 0 Å². The molecular weight excluding hydrogens is 334 g/mol. The Morgan fingerprint density at radius 2 is 2.00 bits per heavy atom. The molecule has 24 heavy (non-hydrogen) atoms. The summed E-state index contributed by atoms with van der Waals surface area (Å²) in [5.41, 5.74) is -0.293. The molecule has 0 radical (unpaired) electrons. The molecular formula is C15H19N3O5S. The normalized spacial score (nSPS) is 13.0. The number of sulfone groups is 1. The molecule has 0 aliphatic rings. The third-order valence-electron chi connectivity index (χ3n) is 3.56. The molecule has 0 fully saturated rings. The van der Waals surface area contributed by atoms with Crippen LogP contribution in [-0.2, 0) is 9.84 Å². The predicted molar refractivity (Wildman–Crippen MR) is 89.8 cm³/mol. The molecule has 2 aromatic rings. The van der Waals surface area contributed by atoms with Gasteiger partial charge in [-0.25, -0.2) is 8.42 Å². The number of likely N-dealkylation sites (N-methyl/N-ethyl adjacent to an activating group) is 1. The van der Waals surface area contributed by atoms with E-state index >= 15 is 0 Å². The van der Waals surface area contributed by atoms with Gasteiger partial charge in [-0.1, -0.05) is 6.07 Å². The third kappa shape index (κ3) is 3.92. The summed E-state index contributed by atoms with van der Waals surface area (Å²) < 4.78 is 29.0. The lowest BCUT2D eigenvalue weighted by atomic mass is 10.2. The van der Waals surface area contributed by atoms with Gasteiger partial charge in [-0.05, 0) is 38.4 Å². The molecule has 0 saturated heterocycles. The van der Waals surface area contributed by atoms with Crippen molar-refractivity contribution in [2.45, 2.75) is 10.9 Å². The number of benzene rings is 1. The molecule has 1 aromatic heterocycles. The molecule has 8 nitrogen and oxygen atoms in total.